The minimum absolute atomic E-state index is 0.135. The molecule has 0 aromatic heterocycles. The van der Waals surface area contributed by atoms with Crippen molar-refractivity contribution in [3.05, 3.63) is 23.8 Å². The molecule has 4 nitrogen and oxygen atoms in total. The van der Waals surface area contributed by atoms with Crippen molar-refractivity contribution in [2.75, 3.05) is 30.3 Å². The molecule has 1 fully saturated rings. The van der Waals surface area contributed by atoms with Crippen LogP contribution in [0.25, 0.3) is 0 Å². The number of benzene rings is 1. The summed E-state index contributed by atoms with van der Waals surface area (Å²) < 4.78 is 0. The summed E-state index contributed by atoms with van der Waals surface area (Å²) in [7, 11) is 0. The molecule has 104 valence electrons. The third-order valence-electron chi connectivity index (χ3n) is 3.27. The van der Waals surface area contributed by atoms with E-state index < -0.39 is 0 Å². The Morgan fingerprint density at radius 2 is 2.26 bits per heavy atom. The summed E-state index contributed by atoms with van der Waals surface area (Å²) in [6.07, 6.45) is 0.551. The number of hydrogen-bond donors (Lipinski definition) is 2. The van der Waals surface area contributed by atoms with Gasteiger partial charge < -0.3 is 16.0 Å². The van der Waals surface area contributed by atoms with Crippen LogP contribution in [0, 0.1) is 0 Å². The molecule has 0 atom stereocenters. The van der Waals surface area contributed by atoms with Crippen LogP contribution in [0.2, 0.25) is 0 Å². The number of rotatable bonds is 4. The largest absolute Gasteiger partial charge is 0.369 e. The van der Waals surface area contributed by atoms with Crippen LogP contribution in [0.15, 0.2) is 23.1 Å². The van der Waals surface area contributed by atoms with Crippen LogP contribution in [-0.2, 0) is 11.3 Å². The molecule has 0 radical (unpaired) electrons. The van der Waals surface area contributed by atoms with E-state index in [0.29, 0.717) is 19.5 Å². The van der Waals surface area contributed by atoms with Crippen molar-refractivity contribution in [2.45, 2.75) is 24.8 Å². The summed E-state index contributed by atoms with van der Waals surface area (Å²) in [5.74, 6) is 1.17. The topological polar surface area (TPSA) is 58.4 Å². The SMILES string of the molecule is CCSc1cccc(N2CCNC(=O)CC2)c1CN. The maximum Gasteiger partial charge on any atom is 0.221 e. The third kappa shape index (κ3) is 3.42. The minimum atomic E-state index is 0.135. The predicted octanol–water partition coefficient (Wildman–Crippen LogP) is 1.58. The van der Waals surface area contributed by atoms with Crippen LogP contribution in [0.4, 0.5) is 5.69 Å². The molecule has 1 aliphatic rings. The fraction of sp³-hybridized carbons (Fsp3) is 0.500. The lowest BCUT2D eigenvalue weighted by Gasteiger charge is -2.25. The summed E-state index contributed by atoms with van der Waals surface area (Å²) >= 11 is 1.82. The van der Waals surface area contributed by atoms with Crippen molar-refractivity contribution in [1.82, 2.24) is 5.32 Å². The number of amides is 1. The number of anilines is 1. The van der Waals surface area contributed by atoms with Crippen molar-refractivity contribution < 1.29 is 4.79 Å². The first-order chi connectivity index (χ1) is 9.26. The molecule has 1 aromatic rings. The van der Waals surface area contributed by atoms with Gasteiger partial charge in [-0.3, -0.25) is 4.79 Å². The van der Waals surface area contributed by atoms with E-state index in [9.17, 15) is 4.79 Å². The first kappa shape index (κ1) is 14.2. The van der Waals surface area contributed by atoms with Gasteiger partial charge in [0, 0.05) is 48.7 Å². The van der Waals surface area contributed by atoms with Crippen LogP contribution in [0.5, 0.6) is 0 Å². The van der Waals surface area contributed by atoms with E-state index >= 15 is 0 Å². The van der Waals surface area contributed by atoms with Crippen molar-refractivity contribution in [3.63, 3.8) is 0 Å². The predicted molar refractivity (Wildman–Crippen MR) is 80.6 cm³/mol. The van der Waals surface area contributed by atoms with Crippen LogP contribution in [0.1, 0.15) is 18.9 Å². The maximum atomic E-state index is 11.4. The second-order valence-corrected chi connectivity index (χ2v) is 5.78. The molecule has 1 amide bonds. The zero-order chi connectivity index (χ0) is 13.7. The summed E-state index contributed by atoms with van der Waals surface area (Å²) in [6, 6.07) is 6.31. The van der Waals surface area contributed by atoms with Gasteiger partial charge in [-0.15, -0.1) is 11.8 Å². The summed E-state index contributed by atoms with van der Waals surface area (Å²) in [5, 5.41) is 2.90. The molecule has 0 saturated carbocycles. The summed E-state index contributed by atoms with van der Waals surface area (Å²) in [5.41, 5.74) is 8.31. The van der Waals surface area contributed by atoms with E-state index in [1.165, 1.54) is 16.1 Å². The monoisotopic (exact) mass is 279 g/mol. The molecular formula is C14H21N3OS. The molecule has 0 aliphatic carbocycles. The highest BCUT2D eigenvalue weighted by molar-refractivity contribution is 7.99. The lowest BCUT2D eigenvalue weighted by Crippen LogP contribution is -2.29. The molecule has 5 heteroatoms. The molecule has 3 N–H and O–H groups in total. The Bertz CT molecular complexity index is 450. The van der Waals surface area contributed by atoms with E-state index in [-0.39, 0.29) is 5.91 Å². The maximum absolute atomic E-state index is 11.4. The van der Waals surface area contributed by atoms with E-state index in [1.807, 2.05) is 11.8 Å². The normalized spacial score (nSPS) is 16.1. The van der Waals surface area contributed by atoms with Crippen molar-refractivity contribution >= 4 is 23.4 Å². The van der Waals surface area contributed by atoms with E-state index in [0.717, 1.165) is 18.8 Å². The molecule has 1 aliphatic heterocycles. The molecule has 1 aromatic carbocycles. The van der Waals surface area contributed by atoms with Gasteiger partial charge in [-0.1, -0.05) is 13.0 Å². The van der Waals surface area contributed by atoms with Crippen LogP contribution >= 0.6 is 11.8 Å². The van der Waals surface area contributed by atoms with Gasteiger partial charge in [-0.2, -0.15) is 0 Å². The lowest BCUT2D eigenvalue weighted by molar-refractivity contribution is -0.120. The summed E-state index contributed by atoms with van der Waals surface area (Å²) in [6.45, 7) is 4.99. The molecular weight excluding hydrogens is 258 g/mol. The van der Waals surface area contributed by atoms with Crippen LogP contribution < -0.4 is 16.0 Å². The van der Waals surface area contributed by atoms with Gasteiger partial charge in [-0.25, -0.2) is 0 Å². The number of carbonyl (C=O) groups excluding carboxylic acids is 1. The highest BCUT2D eigenvalue weighted by atomic mass is 32.2. The molecule has 19 heavy (non-hydrogen) atoms. The number of carbonyl (C=O) groups is 1. The molecule has 0 bridgehead atoms. The Morgan fingerprint density at radius 3 is 3.00 bits per heavy atom. The van der Waals surface area contributed by atoms with Crippen LogP contribution in [-0.4, -0.2) is 31.3 Å². The number of nitrogens with one attached hydrogen (secondary N) is 1. The molecule has 0 unspecified atom stereocenters. The highest BCUT2D eigenvalue weighted by Gasteiger charge is 2.17. The lowest BCUT2D eigenvalue weighted by atomic mass is 10.1. The van der Waals surface area contributed by atoms with Crippen molar-refractivity contribution in [1.29, 1.82) is 0 Å². The first-order valence-electron chi connectivity index (χ1n) is 6.72. The van der Waals surface area contributed by atoms with Gasteiger partial charge >= 0.3 is 0 Å². The number of thioether (sulfide) groups is 1. The number of hydrogen-bond acceptors (Lipinski definition) is 4. The summed E-state index contributed by atoms with van der Waals surface area (Å²) in [4.78, 5) is 14.9. The average Bonchev–Trinajstić information content (AvgIpc) is 2.64. The van der Waals surface area contributed by atoms with Gasteiger partial charge in [0.05, 0.1) is 0 Å². The van der Waals surface area contributed by atoms with Gasteiger partial charge in [0.2, 0.25) is 5.91 Å². The fourth-order valence-electron chi connectivity index (χ4n) is 2.35. The Labute approximate surface area is 118 Å². The smallest absolute Gasteiger partial charge is 0.221 e. The highest BCUT2D eigenvalue weighted by Crippen LogP contribution is 2.30. The van der Waals surface area contributed by atoms with Crippen molar-refractivity contribution in [3.8, 4) is 0 Å². The van der Waals surface area contributed by atoms with Crippen molar-refractivity contribution in [2.24, 2.45) is 5.73 Å². The molecule has 0 spiro atoms. The molecule has 1 heterocycles. The Balaban J connectivity index is 2.27. The Morgan fingerprint density at radius 1 is 1.42 bits per heavy atom. The average molecular weight is 279 g/mol. The van der Waals surface area contributed by atoms with Crippen LogP contribution in [0.3, 0.4) is 0 Å². The fourth-order valence-corrected chi connectivity index (χ4v) is 3.20. The zero-order valence-electron chi connectivity index (χ0n) is 11.3. The second-order valence-electron chi connectivity index (χ2n) is 4.48. The first-order valence-corrected chi connectivity index (χ1v) is 7.71. The standard InChI is InChI=1S/C14H21N3OS/c1-2-19-13-5-3-4-12(11(13)10-15)17-8-6-14(18)16-7-9-17/h3-5H,2,6-10,15H2,1H3,(H,16,18). The second kappa shape index (κ2) is 6.82. The number of nitrogens with two attached hydrogens (primary N) is 1. The van der Waals surface area contributed by atoms with Gasteiger partial charge in [0.1, 0.15) is 0 Å². The molecule has 1 saturated heterocycles. The zero-order valence-corrected chi connectivity index (χ0v) is 12.1. The minimum Gasteiger partial charge on any atom is -0.369 e. The van der Waals surface area contributed by atoms with E-state index in [1.54, 1.807) is 0 Å². The van der Waals surface area contributed by atoms with Gasteiger partial charge in [0.15, 0.2) is 0 Å². The van der Waals surface area contributed by atoms with E-state index in [4.69, 9.17) is 5.73 Å². The number of nitrogens with zero attached hydrogens (tertiary/aromatic N) is 1. The Kier molecular flexibility index (Phi) is 5.10. The quantitative estimate of drug-likeness (QED) is 0.822. The Hall–Kier alpha value is -1.20. The van der Waals surface area contributed by atoms with E-state index in [2.05, 4.69) is 35.3 Å². The van der Waals surface area contributed by atoms with Gasteiger partial charge in [0.25, 0.3) is 0 Å². The van der Waals surface area contributed by atoms with Gasteiger partial charge in [-0.05, 0) is 17.9 Å². The molecule has 2 rings (SSSR count). The third-order valence-corrected chi connectivity index (χ3v) is 4.25.